The Hall–Kier alpha value is -2.31. The van der Waals surface area contributed by atoms with Gasteiger partial charge < -0.3 is 5.11 Å². The molecule has 0 aliphatic carbocycles. The summed E-state index contributed by atoms with van der Waals surface area (Å²) < 4.78 is 1.58. The van der Waals surface area contributed by atoms with Crippen LogP contribution in [0.4, 0.5) is 0 Å². The molecule has 0 fully saturated rings. The first-order valence-electron chi connectivity index (χ1n) is 5.56. The fraction of sp³-hybridized carbons (Fsp3) is 0.364. The highest BCUT2D eigenvalue weighted by molar-refractivity contribution is 5.66. The van der Waals surface area contributed by atoms with E-state index in [9.17, 15) is 4.79 Å². The topological polar surface area (TPSA) is 93.8 Å². The number of hydrogen-bond acceptors (Lipinski definition) is 5. The molecular formula is C11H13N5O2. The van der Waals surface area contributed by atoms with Crippen LogP contribution in [0.1, 0.15) is 13.3 Å². The lowest BCUT2D eigenvalue weighted by atomic mass is 10.1. The zero-order valence-electron chi connectivity index (χ0n) is 9.89. The molecule has 0 bridgehead atoms. The Morgan fingerprint density at radius 2 is 2.33 bits per heavy atom. The Kier molecular flexibility index (Phi) is 3.61. The largest absolute Gasteiger partial charge is 0.481 e. The standard InChI is InChI=1S/C11H13N5O2/c1-8(6-10(17)18)7-16-11(13-14-15-16)9-4-2-3-5-12-9/h2-5,8H,6-7H2,1H3,(H,17,18). The molecule has 18 heavy (non-hydrogen) atoms. The predicted octanol–water partition coefficient (Wildman–Crippen LogP) is 0.846. The lowest BCUT2D eigenvalue weighted by Gasteiger charge is -2.09. The minimum Gasteiger partial charge on any atom is -0.481 e. The SMILES string of the molecule is CC(CC(=O)O)Cn1nnnc1-c1ccccn1. The second-order valence-corrected chi connectivity index (χ2v) is 4.10. The van der Waals surface area contributed by atoms with Gasteiger partial charge in [0, 0.05) is 19.2 Å². The average Bonchev–Trinajstić information content (AvgIpc) is 2.77. The summed E-state index contributed by atoms with van der Waals surface area (Å²) in [5, 5.41) is 20.1. The fourth-order valence-electron chi connectivity index (χ4n) is 1.66. The molecule has 7 heteroatoms. The number of aromatic nitrogens is 5. The molecule has 2 heterocycles. The van der Waals surface area contributed by atoms with E-state index in [1.807, 2.05) is 25.1 Å². The van der Waals surface area contributed by atoms with Crippen molar-refractivity contribution in [1.82, 2.24) is 25.2 Å². The number of rotatable bonds is 5. The normalized spacial score (nSPS) is 12.3. The fourth-order valence-corrected chi connectivity index (χ4v) is 1.66. The monoisotopic (exact) mass is 247 g/mol. The van der Waals surface area contributed by atoms with E-state index in [1.165, 1.54) is 0 Å². The van der Waals surface area contributed by atoms with E-state index in [2.05, 4.69) is 20.5 Å². The van der Waals surface area contributed by atoms with E-state index < -0.39 is 5.97 Å². The van der Waals surface area contributed by atoms with E-state index in [4.69, 9.17) is 5.11 Å². The number of carboxylic acid groups (broad SMARTS) is 1. The number of pyridine rings is 1. The molecule has 2 rings (SSSR count). The number of nitrogens with zero attached hydrogens (tertiary/aromatic N) is 5. The van der Waals surface area contributed by atoms with Crippen molar-refractivity contribution in [2.24, 2.45) is 5.92 Å². The van der Waals surface area contributed by atoms with Crippen LogP contribution >= 0.6 is 0 Å². The molecular weight excluding hydrogens is 234 g/mol. The summed E-state index contributed by atoms with van der Waals surface area (Å²) in [5.41, 5.74) is 0.671. The first kappa shape index (κ1) is 12.2. The summed E-state index contributed by atoms with van der Waals surface area (Å²) in [7, 11) is 0. The smallest absolute Gasteiger partial charge is 0.303 e. The van der Waals surface area contributed by atoms with Gasteiger partial charge >= 0.3 is 5.97 Å². The van der Waals surface area contributed by atoms with Crippen molar-refractivity contribution in [3.63, 3.8) is 0 Å². The van der Waals surface area contributed by atoms with Crippen molar-refractivity contribution >= 4 is 5.97 Å². The Morgan fingerprint density at radius 1 is 1.50 bits per heavy atom. The van der Waals surface area contributed by atoms with Crippen molar-refractivity contribution in [2.75, 3.05) is 0 Å². The number of tetrazole rings is 1. The molecule has 0 aliphatic heterocycles. The van der Waals surface area contributed by atoms with Crippen LogP contribution in [-0.2, 0) is 11.3 Å². The maximum Gasteiger partial charge on any atom is 0.303 e. The minimum atomic E-state index is -0.824. The molecule has 0 aromatic carbocycles. The lowest BCUT2D eigenvalue weighted by Crippen LogP contribution is -2.14. The number of carboxylic acids is 1. The van der Waals surface area contributed by atoms with Gasteiger partial charge in [0.05, 0.1) is 0 Å². The highest BCUT2D eigenvalue weighted by Crippen LogP contribution is 2.14. The highest BCUT2D eigenvalue weighted by Gasteiger charge is 2.14. The molecule has 0 saturated carbocycles. The van der Waals surface area contributed by atoms with Crippen molar-refractivity contribution < 1.29 is 9.90 Å². The van der Waals surface area contributed by atoms with E-state index in [-0.39, 0.29) is 12.3 Å². The van der Waals surface area contributed by atoms with E-state index in [1.54, 1.807) is 10.9 Å². The number of hydrogen-bond donors (Lipinski definition) is 1. The van der Waals surface area contributed by atoms with Gasteiger partial charge in [0.1, 0.15) is 5.69 Å². The molecule has 2 aromatic heterocycles. The molecule has 7 nitrogen and oxygen atoms in total. The third-order valence-corrected chi connectivity index (χ3v) is 2.43. The van der Waals surface area contributed by atoms with Crippen LogP contribution in [-0.4, -0.2) is 36.3 Å². The van der Waals surface area contributed by atoms with Crippen LogP contribution in [0.5, 0.6) is 0 Å². The van der Waals surface area contributed by atoms with Crippen LogP contribution in [0, 0.1) is 5.92 Å². The summed E-state index contributed by atoms with van der Waals surface area (Å²) in [4.78, 5) is 14.8. The summed E-state index contributed by atoms with van der Waals surface area (Å²) in [5.74, 6) is -0.323. The maximum absolute atomic E-state index is 10.6. The molecule has 0 spiro atoms. The lowest BCUT2D eigenvalue weighted by molar-refractivity contribution is -0.138. The predicted molar refractivity (Wildman–Crippen MR) is 62.5 cm³/mol. The van der Waals surface area contributed by atoms with Gasteiger partial charge in [-0.15, -0.1) is 5.10 Å². The van der Waals surface area contributed by atoms with Crippen molar-refractivity contribution in [3.8, 4) is 11.5 Å². The van der Waals surface area contributed by atoms with Gasteiger partial charge in [-0.3, -0.25) is 9.78 Å². The van der Waals surface area contributed by atoms with Crippen LogP contribution < -0.4 is 0 Å². The van der Waals surface area contributed by atoms with Gasteiger partial charge in [-0.1, -0.05) is 13.0 Å². The molecule has 0 aliphatic rings. The van der Waals surface area contributed by atoms with Crippen LogP contribution in [0.25, 0.3) is 11.5 Å². The minimum absolute atomic E-state index is 0.0477. The van der Waals surface area contributed by atoms with Gasteiger partial charge in [-0.2, -0.15) is 0 Å². The third kappa shape index (κ3) is 2.88. The van der Waals surface area contributed by atoms with Gasteiger partial charge in [0.15, 0.2) is 0 Å². The van der Waals surface area contributed by atoms with Gasteiger partial charge in [0.2, 0.25) is 5.82 Å². The van der Waals surface area contributed by atoms with Crippen LogP contribution in [0.2, 0.25) is 0 Å². The van der Waals surface area contributed by atoms with E-state index >= 15 is 0 Å². The first-order valence-corrected chi connectivity index (χ1v) is 5.56. The molecule has 0 amide bonds. The van der Waals surface area contributed by atoms with Crippen LogP contribution in [0.15, 0.2) is 24.4 Å². The molecule has 1 atom stereocenters. The summed E-state index contributed by atoms with van der Waals surface area (Å²) in [6.45, 7) is 2.29. The van der Waals surface area contributed by atoms with Crippen molar-refractivity contribution in [2.45, 2.75) is 19.9 Å². The zero-order chi connectivity index (χ0) is 13.0. The Bertz CT molecular complexity index is 525. The van der Waals surface area contributed by atoms with Gasteiger partial charge in [-0.25, -0.2) is 4.68 Å². The van der Waals surface area contributed by atoms with Crippen LogP contribution in [0.3, 0.4) is 0 Å². The maximum atomic E-state index is 10.6. The average molecular weight is 247 g/mol. The summed E-state index contributed by atoms with van der Waals surface area (Å²) >= 11 is 0. The third-order valence-electron chi connectivity index (χ3n) is 2.43. The number of carbonyl (C=O) groups is 1. The molecule has 1 N–H and O–H groups in total. The molecule has 1 unspecified atom stereocenters. The summed E-state index contributed by atoms with van der Waals surface area (Å²) in [6, 6.07) is 5.47. The Morgan fingerprint density at radius 3 is 3.00 bits per heavy atom. The highest BCUT2D eigenvalue weighted by atomic mass is 16.4. The molecule has 2 aromatic rings. The van der Waals surface area contributed by atoms with Crippen molar-refractivity contribution in [1.29, 1.82) is 0 Å². The Balaban J connectivity index is 2.16. The zero-order valence-corrected chi connectivity index (χ0v) is 9.89. The van der Waals surface area contributed by atoms with Gasteiger partial charge in [-0.05, 0) is 28.5 Å². The molecule has 0 radical (unpaired) electrons. The van der Waals surface area contributed by atoms with Gasteiger partial charge in [0.25, 0.3) is 0 Å². The second-order valence-electron chi connectivity index (χ2n) is 4.10. The Labute approximate surface area is 103 Å². The second kappa shape index (κ2) is 5.35. The first-order chi connectivity index (χ1) is 8.66. The quantitative estimate of drug-likeness (QED) is 0.841. The van der Waals surface area contributed by atoms with E-state index in [0.29, 0.717) is 18.1 Å². The van der Waals surface area contributed by atoms with Crippen molar-refractivity contribution in [3.05, 3.63) is 24.4 Å². The molecule has 0 saturated heterocycles. The number of aliphatic carboxylic acids is 1. The molecule has 94 valence electrons. The summed E-state index contributed by atoms with van der Waals surface area (Å²) in [6.07, 6.45) is 1.75. The van der Waals surface area contributed by atoms with E-state index in [0.717, 1.165) is 0 Å².